The highest BCUT2D eigenvalue weighted by atomic mass is 32.1. The van der Waals surface area contributed by atoms with Crippen LogP contribution in [0.15, 0.2) is 104 Å². The summed E-state index contributed by atoms with van der Waals surface area (Å²) < 4.78 is 0. The first-order chi connectivity index (χ1) is 14.8. The number of H-pyrrole nitrogens is 1. The van der Waals surface area contributed by atoms with E-state index in [9.17, 15) is 9.59 Å². The minimum atomic E-state index is -0.554. The van der Waals surface area contributed by atoms with Gasteiger partial charge in [-0.3, -0.25) is 9.59 Å². The third-order valence-corrected chi connectivity index (χ3v) is 5.64. The van der Waals surface area contributed by atoms with Gasteiger partial charge in [0.25, 0.3) is 11.7 Å². The Morgan fingerprint density at radius 3 is 1.20 bits per heavy atom. The molecule has 1 aliphatic rings. The fourth-order valence-electron chi connectivity index (χ4n) is 1.86. The summed E-state index contributed by atoms with van der Waals surface area (Å²) in [5, 5.41) is 18.7. The predicted molar refractivity (Wildman–Crippen MR) is 131 cm³/mol. The number of aromatic nitrogens is 1. The maximum atomic E-state index is 10.8. The van der Waals surface area contributed by atoms with E-state index in [1.54, 1.807) is 57.6 Å². The SMILES string of the molecule is O=C1Nc2cc[nH]c2C1=O.c1ccsc1.c1ccsc1.c1ccsc1.c1ccsc1. The molecule has 5 aromatic heterocycles. The summed E-state index contributed by atoms with van der Waals surface area (Å²) in [6.07, 6.45) is 1.61. The smallest absolute Gasteiger partial charge is 0.298 e. The molecule has 1 aliphatic heterocycles. The van der Waals surface area contributed by atoms with Crippen LogP contribution in [0.3, 0.4) is 0 Å². The van der Waals surface area contributed by atoms with Crippen molar-refractivity contribution in [1.29, 1.82) is 0 Å². The second-order valence-electron chi connectivity index (χ2n) is 5.22. The molecule has 5 aromatic rings. The fraction of sp³-hybridized carbons (Fsp3) is 0. The van der Waals surface area contributed by atoms with Gasteiger partial charge in [0.05, 0.1) is 5.69 Å². The van der Waals surface area contributed by atoms with E-state index in [0.29, 0.717) is 11.4 Å². The Labute approximate surface area is 191 Å². The zero-order valence-corrected chi connectivity index (χ0v) is 19.1. The van der Waals surface area contributed by atoms with E-state index in [-0.39, 0.29) is 0 Å². The fourth-order valence-corrected chi connectivity index (χ4v) is 3.68. The summed E-state index contributed by atoms with van der Waals surface area (Å²) in [5.41, 5.74) is 0.944. The molecule has 6 heterocycles. The molecule has 0 saturated carbocycles. The molecule has 6 rings (SSSR count). The molecule has 0 radical (unpaired) electrons. The van der Waals surface area contributed by atoms with E-state index in [1.165, 1.54) is 0 Å². The molecule has 4 nitrogen and oxygen atoms in total. The van der Waals surface area contributed by atoms with Crippen LogP contribution in [0, 0.1) is 0 Å². The highest BCUT2D eigenvalue weighted by Gasteiger charge is 2.28. The summed E-state index contributed by atoms with van der Waals surface area (Å²) in [6.45, 7) is 0. The van der Waals surface area contributed by atoms with Gasteiger partial charge in [0, 0.05) is 6.20 Å². The molecule has 1 amide bonds. The number of hydrogen-bond donors (Lipinski definition) is 2. The topological polar surface area (TPSA) is 62.0 Å². The van der Waals surface area contributed by atoms with E-state index >= 15 is 0 Å². The number of fused-ring (bicyclic) bond motifs is 1. The van der Waals surface area contributed by atoms with Crippen LogP contribution in [-0.4, -0.2) is 16.7 Å². The van der Waals surface area contributed by atoms with E-state index in [2.05, 4.69) is 10.3 Å². The Morgan fingerprint density at radius 1 is 0.567 bits per heavy atom. The molecule has 0 fully saturated rings. The van der Waals surface area contributed by atoms with Gasteiger partial charge in [-0.25, -0.2) is 0 Å². The van der Waals surface area contributed by atoms with Gasteiger partial charge in [0.15, 0.2) is 0 Å². The first-order valence-electron chi connectivity index (χ1n) is 8.70. The van der Waals surface area contributed by atoms with Crippen molar-refractivity contribution in [2.75, 3.05) is 5.32 Å². The third-order valence-electron chi connectivity index (χ3n) is 3.13. The number of nitrogens with one attached hydrogen (secondary N) is 2. The molecule has 0 saturated heterocycles. The number of aromatic amines is 1. The maximum absolute atomic E-state index is 10.8. The molecular formula is C22H20N2O2S4. The number of rotatable bonds is 0. The Balaban J connectivity index is 0.000000139. The van der Waals surface area contributed by atoms with Gasteiger partial charge < -0.3 is 10.3 Å². The Kier molecular flexibility index (Phi) is 11.8. The van der Waals surface area contributed by atoms with Crippen molar-refractivity contribution >= 4 is 62.7 Å². The number of thiophene rings is 4. The number of ketones is 1. The summed E-state index contributed by atoms with van der Waals surface area (Å²) in [7, 11) is 0. The third kappa shape index (κ3) is 9.62. The van der Waals surface area contributed by atoms with Gasteiger partial charge in [-0.05, 0) is 49.1 Å². The van der Waals surface area contributed by atoms with Gasteiger partial charge in [0.1, 0.15) is 5.69 Å². The number of hydrogen-bond acceptors (Lipinski definition) is 6. The van der Waals surface area contributed by atoms with Crippen LogP contribution in [0.5, 0.6) is 0 Å². The molecule has 154 valence electrons. The van der Waals surface area contributed by atoms with Crippen molar-refractivity contribution in [2.24, 2.45) is 0 Å². The van der Waals surface area contributed by atoms with Gasteiger partial charge in [-0.2, -0.15) is 45.3 Å². The van der Waals surface area contributed by atoms with Gasteiger partial charge >= 0.3 is 0 Å². The Hall–Kier alpha value is -2.78. The van der Waals surface area contributed by atoms with E-state index in [0.717, 1.165) is 0 Å². The van der Waals surface area contributed by atoms with Crippen molar-refractivity contribution in [3.63, 3.8) is 0 Å². The first-order valence-corrected chi connectivity index (χ1v) is 12.5. The molecule has 2 N–H and O–H groups in total. The molecule has 8 heteroatoms. The largest absolute Gasteiger partial charge is 0.357 e. The number of carbonyl (C=O) groups excluding carboxylic acids is 2. The lowest BCUT2D eigenvalue weighted by molar-refractivity contribution is -0.112. The van der Waals surface area contributed by atoms with Gasteiger partial charge in [-0.1, -0.05) is 48.5 Å². The minimum Gasteiger partial charge on any atom is -0.357 e. The molecule has 0 spiro atoms. The molecular weight excluding hydrogens is 453 g/mol. The van der Waals surface area contributed by atoms with Gasteiger partial charge in [-0.15, -0.1) is 0 Å². The van der Waals surface area contributed by atoms with E-state index in [4.69, 9.17) is 0 Å². The summed E-state index contributed by atoms with van der Waals surface area (Å²) in [5.74, 6) is -1.04. The summed E-state index contributed by atoms with van der Waals surface area (Å²) in [6, 6.07) is 17.8. The maximum Gasteiger partial charge on any atom is 0.298 e. The normalized spacial score (nSPS) is 10.4. The van der Waals surface area contributed by atoms with Crippen LogP contribution in [0.4, 0.5) is 5.69 Å². The van der Waals surface area contributed by atoms with Crippen LogP contribution in [0.2, 0.25) is 0 Å². The Bertz CT molecular complexity index is 830. The molecule has 0 unspecified atom stereocenters. The lowest BCUT2D eigenvalue weighted by Crippen LogP contribution is -2.13. The van der Waals surface area contributed by atoms with Crippen LogP contribution >= 0.6 is 45.3 Å². The lowest BCUT2D eigenvalue weighted by Gasteiger charge is -1.83. The average Bonchev–Trinajstić information content (AvgIpc) is 3.63. The van der Waals surface area contributed by atoms with Crippen molar-refractivity contribution in [3.05, 3.63) is 110 Å². The highest BCUT2D eigenvalue weighted by Crippen LogP contribution is 2.19. The number of Topliss-reactive ketones (excluding diaryl/α,β-unsaturated/α-hetero) is 1. The lowest BCUT2D eigenvalue weighted by atomic mass is 10.3. The minimum absolute atomic E-state index is 0.366. The van der Waals surface area contributed by atoms with Crippen molar-refractivity contribution in [2.45, 2.75) is 0 Å². The van der Waals surface area contributed by atoms with Gasteiger partial charge in [0.2, 0.25) is 0 Å². The summed E-state index contributed by atoms with van der Waals surface area (Å²) >= 11 is 6.85. The molecule has 0 aromatic carbocycles. The number of anilines is 1. The van der Waals surface area contributed by atoms with Crippen LogP contribution in [0.25, 0.3) is 0 Å². The molecule has 0 bridgehead atoms. The second kappa shape index (κ2) is 15.1. The van der Waals surface area contributed by atoms with Crippen molar-refractivity contribution < 1.29 is 9.59 Å². The average molecular weight is 473 g/mol. The number of carbonyl (C=O) groups is 2. The predicted octanol–water partition coefficient (Wildman–Crippen LogP) is 7.14. The highest BCUT2D eigenvalue weighted by molar-refractivity contribution is 7.08. The second-order valence-corrected chi connectivity index (χ2v) is 8.49. The zero-order chi connectivity index (χ0) is 21.3. The summed E-state index contributed by atoms with van der Waals surface area (Å²) in [4.78, 5) is 24.1. The first kappa shape index (κ1) is 23.5. The quantitative estimate of drug-likeness (QED) is 0.235. The van der Waals surface area contributed by atoms with Crippen LogP contribution in [-0.2, 0) is 4.79 Å². The number of amides is 1. The standard InChI is InChI=1S/C6H4N2O2.4C4H4S/c9-5-4-3(1-2-7-4)8-6(5)10;4*1-2-4-5-3-1/h1-2,7H,(H,8,9,10);4*1-4H. The Morgan fingerprint density at radius 2 is 0.933 bits per heavy atom. The molecule has 30 heavy (non-hydrogen) atoms. The van der Waals surface area contributed by atoms with E-state index < -0.39 is 11.7 Å². The van der Waals surface area contributed by atoms with Crippen molar-refractivity contribution in [1.82, 2.24) is 4.98 Å². The van der Waals surface area contributed by atoms with E-state index in [1.807, 2.05) is 91.6 Å². The van der Waals surface area contributed by atoms with Crippen LogP contribution in [0.1, 0.15) is 10.5 Å². The molecule has 0 aliphatic carbocycles. The van der Waals surface area contributed by atoms with Crippen molar-refractivity contribution in [3.8, 4) is 0 Å². The molecule has 0 atom stereocenters. The van der Waals surface area contributed by atoms with Crippen LogP contribution < -0.4 is 5.32 Å². The monoisotopic (exact) mass is 472 g/mol. The zero-order valence-electron chi connectivity index (χ0n) is 15.8.